The van der Waals surface area contributed by atoms with Crippen molar-refractivity contribution in [3.63, 3.8) is 0 Å². The topological polar surface area (TPSA) is 20.1 Å². The van der Waals surface area contributed by atoms with Crippen LogP contribution in [-0.2, 0) is 0 Å². The van der Waals surface area contributed by atoms with E-state index in [2.05, 4.69) is 0 Å². The van der Waals surface area contributed by atoms with Gasteiger partial charge in [-0.3, -0.25) is 4.79 Å². The molecule has 0 unspecified atom stereocenters. The number of amides is 1. The third-order valence-electron chi connectivity index (χ3n) is 2.75. The van der Waals surface area contributed by atoms with E-state index in [1.54, 1.807) is 0 Å². The van der Waals surface area contributed by atoms with Gasteiger partial charge in [0.15, 0.2) is 0 Å². The number of fused-ring (bicyclic) bond motifs is 1. The summed E-state index contributed by atoms with van der Waals surface area (Å²) >= 11 is 0. The number of carbonyl (C=O) groups excluding carboxylic acids is 1. The van der Waals surface area contributed by atoms with Crippen LogP contribution < -0.4 is 0 Å². The van der Waals surface area contributed by atoms with E-state index in [0.29, 0.717) is 0 Å². The van der Waals surface area contributed by atoms with Crippen molar-refractivity contribution in [3.05, 3.63) is 48.0 Å². The minimum atomic E-state index is 0.159. The molecule has 0 radical (unpaired) electrons. The van der Waals surface area contributed by atoms with E-state index >= 15 is 0 Å². The Hall–Kier alpha value is -1.83. The van der Waals surface area contributed by atoms with Crippen LogP contribution in [0.1, 0.15) is 10.4 Å². The van der Waals surface area contributed by atoms with Crippen molar-refractivity contribution in [2.75, 3.05) is 13.1 Å². The van der Waals surface area contributed by atoms with Crippen LogP contribution in [0.25, 0.3) is 10.8 Å². The second-order valence-electron chi connectivity index (χ2n) is 3.82. The summed E-state index contributed by atoms with van der Waals surface area (Å²) in [7, 11) is 0. The summed E-state index contributed by atoms with van der Waals surface area (Å²) in [6.45, 7) is 1.81. The molecular weight excluding hydrogens is 186 g/mol. The van der Waals surface area contributed by atoms with Crippen molar-refractivity contribution < 1.29 is 4.79 Å². The molecule has 2 heteroatoms. The van der Waals surface area contributed by atoms with E-state index in [9.17, 15) is 4.79 Å². The molecule has 0 spiro atoms. The van der Waals surface area contributed by atoms with Crippen molar-refractivity contribution in [1.29, 1.82) is 0 Å². The minimum absolute atomic E-state index is 0.159. The standard InChI is InChI=1S/C13H11NO/c15-13(14-8-9-14)12-7-3-5-10-4-1-2-6-11(10)12/h1-7H,8-9H2. The highest BCUT2D eigenvalue weighted by Crippen LogP contribution is 2.21. The highest BCUT2D eigenvalue weighted by Gasteiger charge is 2.26. The summed E-state index contributed by atoms with van der Waals surface area (Å²) in [5.41, 5.74) is 0.825. The van der Waals surface area contributed by atoms with Crippen LogP contribution in [0.5, 0.6) is 0 Å². The lowest BCUT2D eigenvalue weighted by Gasteiger charge is -2.05. The van der Waals surface area contributed by atoms with Crippen molar-refractivity contribution in [2.24, 2.45) is 0 Å². The summed E-state index contributed by atoms with van der Waals surface area (Å²) in [6.07, 6.45) is 0. The first-order valence-corrected chi connectivity index (χ1v) is 5.13. The van der Waals surface area contributed by atoms with Crippen molar-refractivity contribution in [2.45, 2.75) is 0 Å². The van der Waals surface area contributed by atoms with E-state index < -0.39 is 0 Å². The zero-order valence-electron chi connectivity index (χ0n) is 8.31. The molecule has 0 saturated carbocycles. The smallest absolute Gasteiger partial charge is 0.254 e. The van der Waals surface area contributed by atoms with Gasteiger partial charge < -0.3 is 4.90 Å². The lowest BCUT2D eigenvalue weighted by atomic mass is 10.0. The summed E-state index contributed by atoms with van der Waals surface area (Å²) in [5, 5.41) is 2.18. The first-order valence-electron chi connectivity index (χ1n) is 5.13. The summed E-state index contributed by atoms with van der Waals surface area (Å²) < 4.78 is 0. The van der Waals surface area contributed by atoms with E-state index in [1.165, 1.54) is 0 Å². The Kier molecular flexibility index (Phi) is 1.75. The number of carbonyl (C=O) groups is 1. The molecular formula is C13H11NO. The van der Waals surface area contributed by atoms with Crippen molar-refractivity contribution in [1.82, 2.24) is 4.90 Å². The Morgan fingerprint density at radius 1 is 1.00 bits per heavy atom. The van der Waals surface area contributed by atoms with E-state index in [-0.39, 0.29) is 5.91 Å². The molecule has 2 aromatic carbocycles. The van der Waals surface area contributed by atoms with Crippen LogP contribution in [-0.4, -0.2) is 23.9 Å². The first-order chi connectivity index (χ1) is 7.36. The molecule has 74 valence electrons. The molecule has 1 heterocycles. The van der Waals surface area contributed by atoms with Crippen LogP contribution >= 0.6 is 0 Å². The Bertz CT molecular complexity index is 524. The molecule has 1 aliphatic rings. The fourth-order valence-corrected chi connectivity index (χ4v) is 1.84. The molecule has 1 aliphatic heterocycles. The average Bonchev–Trinajstić information content (AvgIpc) is 3.11. The predicted molar refractivity (Wildman–Crippen MR) is 59.9 cm³/mol. The molecule has 15 heavy (non-hydrogen) atoms. The van der Waals surface area contributed by atoms with Gasteiger partial charge in [0.25, 0.3) is 5.91 Å². The normalized spacial score (nSPS) is 14.3. The highest BCUT2D eigenvalue weighted by atomic mass is 16.2. The Balaban J connectivity index is 2.20. The maximum absolute atomic E-state index is 11.9. The molecule has 0 atom stereocenters. The third-order valence-corrected chi connectivity index (χ3v) is 2.75. The monoisotopic (exact) mass is 197 g/mol. The van der Waals surface area contributed by atoms with Crippen LogP contribution in [0, 0.1) is 0 Å². The predicted octanol–water partition coefficient (Wildman–Crippen LogP) is 2.30. The number of hydrogen-bond acceptors (Lipinski definition) is 1. The summed E-state index contributed by atoms with van der Waals surface area (Å²) in [4.78, 5) is 13.8. The van der Waals surface area contributed by atoms with Gasteiger partial charge in [0.1, 0.15) is 0 Å². The molecule has 0 aliphatic carbocycles. The van der Waals surface area contributed by atoms with Gasteiger partial charge in [-0.1, -0.05) is 36.4 Å². The number of benzene rings is 2. The number of rotatable bonds is 1. The number of nitrogens with zero attached hydrogens (tertiary/aromatic N) is 1. The SMILES string of the molecule is O=C(c1cccc2ccccc12)N1CC1. The molecule has 1 fully saturated rings. The van der Waals surface area contributed by atoms with Gasteiger partial charge in [-0.2, -0.15) is 0 Å². The zero-order valence-corrected chi connectivity index (χ0v) is 8.31. The highest BCUT2D eigenvalue weighted by molar-refractivity contribution is 6.07. The number of hydrogen-bond donors (Lipinski definition) is 0. The molecule has 2 nitrogen and oxygen atoms in total. The molecule has 0 bridgehead atoms. The lowest BCUT2D eigenvalue weighted by molar-refractivity contribution is 0.0887. The summed E-state index contributed by atoms with van der Waals surface area (Å²) in [6, 6.07) is 13.9. The lowest BCUT2D eigenvalue weighted by Crippen LogP contribution is -2.10. The third kappa shape index (κ3) is 1.38. The van der Waals surface area contributed by atoms with Crippen LogP contribution in [0.2, 0.25) is 0 Å². The van der Waals surface area contributed by atoms with E-state index in [1.807, 2.05) is 47.4 Å². The molecule has 3 rings (SSSR count). The summed E-state index contributed by atoms with van der Waals surface area (Å²) in [5.74, 6) is 0.159. The maximum Gasteiger partial charge on any atom is 0.254 e. The maximum atomic E-state index is 11.9. The minimum Gasteiger partial charge on any atom is -0.335 e. The largest absolute Gasteiger partial charge is 0.335 e. The molecule has 1 amide bonds. The van der Waals surface area contributed by atoms with Gasteiger partial charge in [-0.05, 0) is 16.8 Å². The van der Waals surface area contributed by atoms with Gasteiger partial charge in [0.05, 0.1) is 0 Å². The van der Waals surface area contributed by atoms with E-state index in [4.69, 9.17) is 0 Å². The quantitative estimate of drug-likeness (QED) is 0.642. The second kappa shape index (κ2) is 3.09. The Morgan fingerprint density at radius 2 is 1.73 bits per heavy atom. The van der Waals surface area contributed by atoms with Crippen LogP contribution in [0.15, 0.2) is 42.5 Å². The van der Waals surface area contributed by atoms with Crippen molar-refractivity contribution >= 4 is 16.7 Å². The Labute approximate surface area is 88.1 Å². The molecule has 2 aromatic rings. The van der Waals surface area contributed by atoms with Crippen molar-refractivity contribution in [3.8, 4) is 0 Å². The van der Waals surface area contributed by atoms with Gasteiger partial charge in [-0.15, -0.1) is 0 Å². The van der Waals surface area contributed by atoms with Crippen LogP contribution in [0.3, 0.4) is 0 Å². The molecule has 0 aromatic heterocycles. The second-order valence-corrected chi connectivity index (χ2v) is 3.82. The van der Waals surface area contributed by atoms with E-state index in [0.717, 1.165) is 29.4 Å². The first kappa shape index (κ1) is 8.48. The molecule has 0 N–H and O–H groups in total. The van der Waals surface area contributed by atoms with Gasteiger partial charge >= 0.3 is 0 Å². The van der Waals surface area contributed by atoms with Gasteiger partial charge in [-0.25, -0.2) is 0 Å². The Morgan fingerprint density at radius 3 is 2.53 bits per heavy atom. The average molecular weight is 197 g/mol. The van der Waals surface area contributed by atoms with Gasteiger partial charge in [0, 0.05) is 18.7 Å². The fraction of sp³-hybridized carbons (Fsp3) is 0.154. The zero-order chi connectivity index (χ0) is 10.3. The van der Waals surface area contributed by atoms with Gasteiger partial charge in [0.2, 0.25) is 0 Å². The fourth-order valence-electron chi connectivity index (χ4n) is 1.84. The van der Waals surface area contributed by atoms with Crippen LogP contribution in [0.4, 0.5) is 0 Å². The molecule has 1 saturated heterocycles.